The van der Waals surface area contributed by atoms with Gasteiger partial charge in [0.05, 0.1) is 6.61 Å². The molecule has 2 aromatic carbocycles. The van der Waals surface area contributed by atoms with Crippen molar-refractivity contribution in [3.63, 3.8) is 0 Å². The number of nitrogens with zero attached hydrogens (tertiary/aromatic N) is 2. The Labute approximate surface area is 173 Å². The van der Waals surface area contributed by atoms with E-state index in [9.17, 15) is 13.2 Å². The normalized spacial score (nSPS) is 11.2. The van der Waals surface area contributed by atoms with Crippen LogP contribution in [0, 0.1) is 6.92 Å². The Morgan fingerprint density at radius 1 is 1.10 bits per heavy atom. The van der Waals surface area contributed by atoms with Gasteiger partial charge in [-0.3, -0.25) is 10.1 Å². The van der Waals surface area contributed by atoms with Gasteiger partial charge < -0.3 is 4.74 Å². The van der Waals surface area contributed by atoms with Crippen LogP contribution in [0.25, 0.3) is 0 Å². The zero-order valence-electron chi connectivity index (χ0n) is 15.9. The highest BCUT2D eigenvalue weighted by Gasteiger charge is 2.21. The van der Waals surface area contributed by atoms with E-state index in [1.807, 2.05) is 26.0 Å². The van der Waals surface area contributed by atoms with Crippen molar-refractivity contribution in [2.75, 3.05) is 11.9 Å². The van der Waals surface area contributed by atoms with Crippen molar-refractivity contribution >= 4 is 32.4 Å². The van der Waals surface area contributed by atoms with Crippen LogP contribution >= 0.6 is 11.3 Å². The fourth-order valence-corrected chi connectivity index (χ4v) is 4.42. The number of aryl methyl sites for hydroxylation is 1. The van der Waals surface area contributed by atoms with Crippen molar-refractivity contribution in [3.8, 4) is 5.75 Å². The monoisotopic (exact) mass is 432 g/mol. The summed E-state index contributed by atoms with van der Waals surface area (Å²) >= 11 is 0.788. The second kappa shape index (κ2) is 9.12. The van der Waals surface area contributed by atoms with Crippen LogP contribution in [-0.2, 0) is 16.6 Å². The van der Waals surface area contributed by atoms with Crippen molar-refractivity contribution in [2.45, 2.75) is 24.7 Å². The van der Waals surface area contributed by atoms with Gasteiger partial charge in [-0.15, -0.1) is 10.2 Å². The maximum Gasteiger partial charge on any atom is 0.270 e. The van der Waals surface area contributed by atoms with E-state index in [4.69, 9.17) is 4.74 Å². The van der Waals surface area contributed by atoms with Gasteiger partial charge in [-0.2, -0.15) is 0 Å². The number of hydrogen-bond donors (Lipinski definition) is 2. The molecular formula is C19H20N4O4S2. The molecular weight excluding hydrogens is 412 g/mol. The van der Waals surface area contributed by atoms with Crippen LogP contribution in [0.2, 0.25) is 0 Å². The van der Waals surface area contributed by atoms with Gasteiger partial charge in [0.2, 0.25) is 9.47 Å². The molecule has 0 bridgehead atoms. The molecule has 1 heterocycles. The minimum atomic E-state index is -3.85. The molecule has 0 aliphatic carbocycles. The quantitative estimate of drug-likeness (QED) is 0.530. The summed E-state index contributed by atoms with van der Waals surface area (Å²) < 4.78 is 32.5. The summed E-state index contributed by atoms with van der Waals surface area (Å²) in [6, 6.07) is 14.2. The summed E-state index contributed by atoms with van der Waals surface area (Å²) in [6.07, 6.45) is 0. The smallest absolute Gasteiger partial charge is 0.270 e. The second-order valence-electron chi connectivity index (χ2n) is 6.04. The summed E-state index contributed by atoms with van der Waals surface area (Å²) in [5.41, 5.74) is 2.06. The van der Waals surface area contributed by atoms with E-state index in [0.29, 0.717) is 12.2 Å². The molecule has 0 spiro atoms. The van der Waals surface area contributed by atoms with Crippen LogP contribution in [0.1, 0.15) is 28.4 Å². The van der Waals surface area contributed by atoms with E-state index in [1.165, 1.54) is 0 Å². The molecule has 0 saturated heterocycles. The largest absolute Gasteiger partial charge is 0.494 e. The van der Waals surface area contributed by atoms with Crippen LogP contribution < -0.4 is 14.8 Å². The molecule has 0 atom stereocenters. The molecule has 0 unspecified atom stereocenters. The number of carbonyl (C=O) groups is 1. The average Bonchev–Trinajstić information content (AvgIpc) is 3.17. The number of hydrogen-bond acceptors (Lipinski definition) is 7. The third-order valence-electron chi connectivity index (χ3n) is 3.95. The number of anilines is 1. The number of carbonyl (C=O) groups excluding carboxylic acids is 1. The van der Waals surface area contributed by atoms with Gasteiger partial charge in [0.25, 0.3) is 15.9 Å². The standard InChI is InChI=1S/C19H20N4O4S2/c1-3-27-15-10-8-14(9-11-15)12-20-29(25,26)19-23-22-18(28-19)21-17(24)16-7-5-4-6-13(16)2/h4-11,20H,3,12H2,1-2H3,(H,21,22,24). The first-order valence-corrected chi connectivity index (χ1v) is 11.1. The molecule has 2 N–H and O–H groups in total. The van der Waals surface area contributed by atoms with E-state index in [2.05, 4.69) is 20.2 Å². The third-order valence-corrected chi connectivity index (χ3v) is 6.55. The number of sulfonamides is 1. The summed E-state index contributed by atoms with van der Waals surface area (Å²) in [5.74, 6) is 0.350. The van der Waals surface area contributed by atoms with E-state index < -0.39 is 10.0 Å². The molecule has 29 heavy (non-hydrogen) atoms. The zero-order valence-corrected chi connectivity index (χ0v) is 17.5. The predicted molar refractivity (Wildman–Crippen MR) is 111 cm³/mol. The predicted octanol–water partition coefficient (Wildman–Crippen LogP) is 2.98. The highest BCUT2D eigenvalue weighted by atomic mass is 32.2. The summed E-state index contributed by atoms with van der Waals surface area (Å²) in [4.78, 5) is 12.3. The molecule has 0 aliphatic heterocycles. The van der Waals surface area contributed by atoms with E-state index >= 15 is 0 Å². The van der Waals surface area contributed by atoms with Gasteiger partial charge in [-0.05, 0) is 43.2 Å². The summed E-state index contributed by atoms with van der Waals surface area (Å²) in [5, 5.41) is 10.2. The van der Waals surface area contributed by atoms with Gasteiger partial charge in [0, 0.05) is 12.1 Å². The van der Waals surface area contributed by atoms with Crippen LogP contribution in [0.3, 0.4) is 0 Å². The van der Waals surface area contributed by atoms with Crippen LogP contribution in [0.4, 0.5) is 5.13 Å². The van der Waals surface area contributed by atoms with E-state index in [1.54, 1.807) is 36.4 Å². The lowest BCUT2D eigenvalue weighted by atomic mass is 10.1. The topological polar surface area (TPSA) is 110 Å². The molecule has 3 rings (SSSR count). The number of rotatable bonds is 8. The van der Waals surface area contributed by atoms with Crippen molar-refractivity contribution in [2.24, 2.45) is 0 Å². The van der Waals surface area contributed by atoms with Crippen molar-refractivity contribution in [1.82, 2.24) is 14.9 Å². The third kappa shape index (κ3) is 5.37. The second-order valence-corrected chi connectivity index (χ2v) is 8.96. The van der Waals surface area contributed by atoms with Crippen LogP contribution in [0.15, 0.2) is 52.9 Å². The maximum atomic E-state index is 12.5. The fraction of sp³-hybridized carbons (Fsp3) is 0.211. The Hall–Kier alpha value is -2.82. The summed E-state index contributed by atoms with van der Waals surface area (Å²) in [7, 11) is -3.85. The Kier molecular flexibility index (Phi) is 6.57. The first-order chi connectivity index (χ1) is 13.9. The molecule has 0 aliphatic rings. The lowest BCUT2D eigenvalue weighted by Gasteiger charge is -2.06. The number of ether oxygens (including phenoxy) is 1. The Morgan fingerprint density at radius 2 is 1.83 bits per heavy atom. The molecule has 0 fully saturated rings. The van der Waals surface area contributed by atoms with Crippen molar-refractivity contribution < 1.29 is 17.9 Å². The number of nitrogens with one attached hydrogen (secondary N) is 2. The van der Waals surface area contributed by atoms with Gasteiger partial charge >= 0.3 is 0 Å². The molecule has 1 aromatic heterocycles. The number of benzene rings is 2. The molecule has 0 radical (unpaired) electrons. The van der Waals surface area contributed by atoms with E-state index in [0.717, 1.165) is 28.2 Å². The lowest BCUT2D eigenvalue weighted by Crippen LogP contribution is -2.23. The maximum absolute atomic E-state index is 12.5. The Bertz CT molecular complexity index is 1100. The minimum Gasteiger partial charge on any atom is -0.494 e. The molecule has 8 nitrogen and oxygen atoms in total. The molecule has 3 aromatic rings. The highest BCUT2D eigenvalue weighted by molar-refractivity contribution is 7.91. The van der Waals surface area contributed by atoms with Crippen LogP contribution in [-0.4, -0.2) is 31.1 Å². The first kappa shape index (κ1) is 20.9. The van der Waals surface area contributed by atoms with Gasteiger partial charge in [0.1, 0.15) is 5.75 Å². The first-order valence-electron chi connectivity index (χ1n) is 8.81. The van der Waals surface area contributed by atoms with Crippen LogP contribution in [0.5, 0.6) is 5.75 Å². The fourth-order valence-electron chi connectivity index (χ4n) is 2.47. The Balaban J connectivity index is 1.64. The molecule has 152 valence electrons. The highest BCUT2D eigenvalue weighted by Crippen LogP contribution is 2.21. The molecule has 1 amide bonds. The zero-order chi connectivity index (χ0) is 20.9. The van der Waals surface area contributed by atoms with Gasteiger partial charge in [-0.25, -0.2) is 13.1 Å². The SMILES string of the molecule is CCOc1ccc(CNS(=O)(=O)c2nnc(NC(=O)c3ccccc3C)s2)cc1. The average molecular weight is 433 g/mol. The van der Waals surface area contributed by atoms with Crippen molar-refractivity contribution in [1.29, 1.82) is 0 Å². The number of amides is 1. The molecule has 10 heteroatoms. The van der Waals surface area contributed by atoms with Gasteiger partial charge in [-0.1, -0.05) is 41.7 Å². The van der Waals surface area contributed by atoms with E-state index in [-0.39, 0.29) is 21.9 Å². The molecule has 0 saturated carbocycles. The number of aromatic nitrogens is 2. The lowest BCUT2D eigenvalue weighted by molar-refractivity contribution is 0.102. The Morgan fingerprint density at radius 3 is 2.52 bits per heavy atom. The van der Waals surface area contributed by atoms with Crippen molar-refractivity contribution in [3.05, 3.63) is 65.2 Å². The minimum absolute atomic E-state index is 0.0964. The van der Waals surface area contributed by atoms with Gasteiger partial charge in [0.15, 0.2) is 0 Å². The summed E-state index contributed by atoms with van der Waals surface area (Å²) in [6.45, 7) is 4.36.